The molecule has 0 amide bonds. The molecule has 0 radical (unpaired) electrons. The van der Waals surface area contributed by atoms with Gasteiger partial charge in [-0.25, -0.2) is 0 Å². The number of likely N-dealkylation sites (N-methyl/N-ethyl adjacent to an activating group) is 1. The summed E-state index contributed by atoms with van der Waals surface area (Å²) in [4.78, 5) is 2.40. The van der Waals surface area contributed by atoms with Crippen molar-refractivity contribution in [2.75, 3.05) is 23.8 Å². The van der Waals surface area contributed by atoms with E-state index in [0.717, 1.165) is 13.0 Å². The van der Waals surface area contributed by atoms with Gasteiger partial charge in [0.1, 0.15) is 0 Å². The van der Waals surface area contributed by atoms with Gasteiger partial charge in [-0.15, -0.1) is 0 Å². The van der Waals surface area contributed by atoms with E-state index in [1.807, 2.05) is 0 Å². The zero-order chi connectivity index (χ0) is 11.1. The van der Waals surface area contributed by atoms with Crippen LogP contribution in [0.15, 0.2) is 18.2 Å². The van der Waals surface area contributed by atoms with Crippen LogP contribution in [0.3, 0.4) is 0 Å². The standard InChI is InChI=1S/C13H20N2/c1-5-10-7-6-8-11-12(10)15(4)13(2,3)9-14-11/h6-8,14H,5,9H2,1-4H3. The van der Waals surface area contributed by atoms with Gasteiger partial charge in [0.25, 0.3) is 0 Å². The van der Waals surface area contributed by atoms with E-state index in [2.05, 4.69) is 56.2 Å². The number of hydrogen-bond donors (Lipinski definition) is 1. The summed E-state index contributed by atoms with van der Waals surface area (Å²) in [6.45, 7) is 7.76. The molecule has 0 fully saturated rings. The largest absolute Gasteiger partial charge is 0.381 e. The Morgan fingerprint density at radius 1 is 1.40 bits per heavy atom. The molecule has 1 N–H and O–H groups in total. The van der Waals surface area contributed by atoms with Crippen LogP contribution < -0.4 is 10.2 Å². The van der Waals surface area contributed by atoms with E-state index < -0.39 is 0 Å². The van der Waals surface area contributed by atoms with Crippen LogP contribution in [-0.2, 0) is 6.42 Å². The summed E-state index contributed by atoms with van der Waals surface area (Å²) in [6.07, 6.45) is 1.09. The quantitative estimate of drug-likeness (QED) is 0.756. The zero-order valence-corrected chi connectivity index (χ0v) is 10.1. The number of aryl methyl sites for hydroxylation is 1. The van der Waals surface area contributed by atoms with E-state index in [0.29, 0.717) is 0 Å². The average molecular weight is 204 g/mol. The first kappa shape index (κ1) is 10.3. The number of fused-ring (bicyclic) bond motifs is 1. The summed E-state index contributed by atoms with van der Waals surface area (Å²) < 4.78 is 0. The maximum Gasteiger partial charge on any atom is 0.0636 e. The van der Waals surface area contributed by atoms with Crippen molar-refractivity contribution in [1.29, 1.82) is 0 Å². The van der Waals surface area contributed by atoms with E-state index in [1.54, 1.807) is 0 Å². The fraction of sp³-hybridized carbons (Fsp3) is 0.538. The Kier molecular flexibility index (Phi) is 2.37. The minimum Gasteiger partial charge on any atom is -0.381 e. The summed E-state index contributed by atoms with van der Waals surface area (Å²) in [7, 11) is 2.19. The second-order valence-electron chi connectivity index (χ2n) is 4.89. The predicted molar refractivity (Wildman–Crippen MR) is 66.8 cm³/mol. The van der Waals surface area contributed by atoms with Crippen molar-refractivity contribution in [3.8, 4) is 0 Å². The minimum absolute atomic E-state index is 0.193. The molecule has 1 aliphatic rings. The molecule has 0 unspecified atom stereocenters. The van der Waals surface area contributed by atoms with Crippen molar-refractivity contribution < 1.29 is 0 Å². The molecule has 1 aromatic carbocycles. The Balaban J connectivity index is 2.53. The number of para-hydroxylation sites is 1. The van der Waals surface area contributed by atoms with Crippen LogP contribution >= 0.6 is 0 Å². The molecular formula is C13H20N2. The molecule has 2 nitrogen and oxygen atoms in total. The highest BCUT2D eigenvalue weighted by Gasteiger charge is 2.30. The van der Waals surface area contributed by atoms with Gasteiger partial charge < -0.3 is 10.2 Å². The molecule has 15 heavy (non-hydrogen) atoms. The second kappa shape index (κ2) is 3.44. The monoisotopic (exact) mass is 204 g/mol. The van der Waals surface area contributed by atoms with E-state index in [4.69, 9.17) is 0 Å². The Morgan fingerprint density at radius 2 is 2.13 bits per heavy atom. The molecular weight excluding hydrogens is 184 g/mol. The van der Waals surface area contributed by atoms with Crippen LogP contribution in [0.4, 0.5) is 11.4 Å². The SMILES string of the molecule is CCc1cccc2c1N(C)C(C)(C)CN2. The Hall–Kier alpha value is -1.18. The summed E-state index contributed by atoms with van der Waals surface area (Å²) in [5, 5.41) is 3.52. The zero-order valence-electron chi connectivity index (χ0n) is 10.1. The third-order valence-electron chi connectivity index (χ3n) is 3.46. The fourth-order valence-corrected chi connectivity index (χ4v) is 2.15. The first-order chi connectivity index (χ1) is 7.06. The van der Waals surface area contributed by atoms with Gasteiger partial charge in [-0.2, -0.15) is 0 Å². The van der Waals surface area contributed by atoms with Crippen molar-refractivity contribution in [1.82, 2.24) is 0 Å². The van der Waals surface area contributed by atoms with Crippen molar-refractivity contribution >= 4 is 11.4 Å². The average Bonchev–Trinajstić information content (AvgIpc) is 2.23. The Morgan fingerprint density at radius 3 is 2.80 bits per heavy atom. The molecule has 2 heteroatoms. The normalized spacial score (nSPS) is 18.3. The summed E-state index contributed by atoms with van der Waals surface area (Å²) >= 11 is 0. The summed E-state index contributed by atoms with van der Waals surface area (Å²) in [5.74, 6) is 0. The highest BCUT2D eigenvalue weighted by Crippen LogP contribution is 2.37. The summed E-state index contributed by atoms with van der Waals surface area (Å²) in [6, 6.07) is 6.52. The van der Waals surface area contributed by atoms with Gasteiger partial charge in [-0.1, -0.05) is 19.1 Å². The third kappa shape index (κ3) is 1.58. The van der Waals surface area contributed by atoms with Crippen LogP contribution in [0.5, 0.6) is 0 Å². The number of nitrogens with one attached hydrogen (secondary N) is 1. The maximum atomic E-state index is 3.52. The van der Waals surface area contributed by atoms with Crippen molar-refractivity contribution in [2.24, 2.45) is 0 Å². The molecule has 0 aliphatic carbocycles. The molecule has 0 spiro atoms. The molecule has 1 aliphatic heterocycles. The topological polar surface area (TPSA) is 15.3 Å². The fourth-order valence-electron chi connectivity index (χ4n) is 2.15. The van der Waals surface area contributed by atoms with Gasteiger partial charge in [-0.3, -0.25) is 0 Å². The smallest absolute Gasteiger partial charge is 0.0636 e. The van der Waals surface area contributed by atoms with Crippen LogP contribution in [0.25, 0.3) is 0 Å². The van der Waals surface area contributed by atoms with Gasteiger partial charge in [0.05, 0.1) is 16.9 Å². The lowest BCUT2D eigenvalue weighted by Gasteiger charge is -2.44. The molecule has 0 saturated heterocycles. The third-order valence-corrected chi connectivity index (χ3v) is 3.46. The molecule has 82 valence electrons. The number of rotatable bonds is 1. The highest BCUT2D eigenvalue weighted by molar-refractivity contribution is 5.76. The highest BCUT2D eigenvalue weighted by atomic mass is 15.2. The molecule has 0 bridgehead atoms. The molecule has 0 aromatic heterocycles. The van der Waals surface area contributed by atoms with E-state index in [1.165, 1.54) is 16.9 Å². The van der Waals surface area contributed by atoms with E-state index >= 15 is 0 Å². The number of benzene rings is 1. The van der Waals surface area contributed by atoms with Crippen LogP contribution in [0, 0.1) is 0 Å². The predicted octanol–water partition coefficient (Wildman–Crippen LogP) is 2.89. The minimum atomic E-state index is 0.193. The maximum absolute atomic E-state index is 3.52. The van der Waals surface area contributed by atoms with Gasteiger partial charge in [0.15, 0.2) is 0 Å². The second-order valence-corrected chi connectivity index (χ2v) is 4.89. The van der Waals surface area contributed by atoms with Crippen LogP contribution in [0.2, 0.25) is 0 Å². The van der Waals surface area contributed by atoms with Crippen molar-refractivity contribution in [3.05, 3.63) is 23.8 Å². The lowest BCUT2D eigenvalue weighted by Crippen LogP contribution is -2.50. The number of anilines is 2. The number of nitrogens with zero attached hydrogens (tertiary/aromatic N) is 1. The lowest BCUT2D eigenvalue weighted by molar-refractivity contribution is 0.501. The molecule has 0 atom stereocenters. The van der Waals surface area contributed by atoms with Gasteiger partial charge >= 0.3 is 0 Å². The van der Waals surface area contributed by atoms with Crippen LogP contribution in [0.1, 0.15) is 26.3 Å². The van der Waals surface area contributed by atoms with Gasteiger partial charge in [0, 0.05) is 13.6 Å². The van der Waals surface area contributed by atoms with E-state index in [9.17, 15) is 0 Å². The van der Waals surface area contributed by atoms with Crippen molar-refractivity contribution in [3.63, 3.8) is 0 Å². The lowest BCUT2D eigenvalue weighted by atomic mass is 9.96. The van der Waals surface area contributed by atoms with Gasteiger partial charge in [0.2, 0.25) is 0 Å². The Bertz CT molecular complexity index is 355. The first-order valence-electron chi connectivity index (χ1n) is 5.66. The van der Waals surface area contributed by atoms with Gasteiger partial charge in [-0.05, 0) is 31.9 Å². The summed E-state index contributed by atoms with van der Waals surface area (Å²) in [5.41, 5.74) is 4.26. The Labute approximate surface area is 92.3 Å². The van der Waals surface area contributed by atoms with E-state index in [-0.39, 0.29) is 5.54 Å². The molecule has 2 rings (SSSR count). The van der Waals surface area contributed by atoms with Crippen LogP contribution in [-0.4, -0.2) is 19.1 Å². The molecule has 0 saturated carbocycles. The number of hydrogen-bond acceptors (Lipinski definition) is 2. The molecule has 1 aromatic rings. The first-order valence-corrected chi connectivity index (χ1v) is 5.66. The van der Waals surface area contributed by atoms with Crippen molar-refractivity contribution in [2.45, 2.75) is 32.7 Å². The molecule has 1 heterocycles.